The molecule has 0 unspecified atom stereocenters. The Morgan fingerprint density at radius 2 is 1.72 bits per heavy atom. The molecule has 0 bridgehead atoms. The zero-order valence-corrected chi connectivity index (χ0v) is 14.0. The van der Waals surface area contributed by atoms with Crippen LogP contribution in [0.15, 0.2) is 0 Å². The summed E-state index contributed by atoms with van der Waals surface area (Å²) in [6, 6.07) is 0. The molecule has 1 heterocycles. The number of hydrogen-bond acceptors (Lipinski definition) is 3. The van der Waals surface area contributed by atoms with Crippen LogP contribution < -0.4 is 0 Å². The first-order valence-electron chi connectivity index (χ1n) is 7.14. The highest BCUT2D eigenvalue weighted by atomic mass is 28.4. The summed E-state index contributed by atoms with van der Waals surface area (Å²) in [4.78, 5) is 0. The van der Waals surface area contributed by atoms with Gasteiger partial charge in [-0.1, -0.05) is 34.1 Å². The van der Waals surface area contributed by atoms with Crippen LogP contribution in [-0.4, -0.2) is 33.9 Å². The minimum Gasteiger partial charge on any atom is -0.411 e. The van der Waals surface area contributed by atoms with E-state index in [4.69, 9.17) is 13.9 Å². The second-order valence-electron chi connectivity index (χ2n) is 6.76. The maximum atomic E-state index is 6.27. The molecule has 0 atom stereocenters. The predicted octanol–water partition coefficient (Wildman–Crippen LogP) is 3.94. The van der Waals surface area contributed by atoms with E-state index in [1.54, 1.807) is 0 Å². The molecule has 0 aromatic rings. The lowest BCUT2D eigenvalue weighted by molar-refractivity contribution is -0.184. The molecule has 0 N–H and O–H groups in total. The second-order valence-corrected chi connectivity index (χ2v) is 11.6. The lowest BCUT2D eigenvalue weighted by atomic mass is 10.1. The van der Waals surface area contributed by atoms with E-state index < -0.39 is 14.1 Å². The van der Waals surface area contributed by atoms with E-state index in [-0.39, 0.29) is 5.04 Å². The maximum Gasteiger partial charge on any atom is 0.192 e. The first-order chi connectivity index (χ1) is 8.22. The molecule has 0 radical (unpaired) electrons. The van der Waals surface area contributed by atoms with Crippen molar-refractivity contribution < 1.29 is 13.9 Å². The van der Waals surface area contributed by atoms with Gasteiger partial charge in [0, 0.05) is 6.42 Å². The van der Waals surface area contributed by atoms with Crippen LogP contribution in [0.3, 0.4) is 0 Å². The van der Waals surface area contributed by atoms with Gasteiger partial charge in [-0.2, -0.15) is 0 Å². The zero-order valence-electron chi connectivity index (χ0n) is 13.0. The molecular weight excluding hydrogens is 244 g/mol. The monoisotopic (exact) mass is 274 g/mol. The van der Waals surface area contributed by atoms with Crippen molar-refractivity contribution in [1.82, 2.24) is 0 Å². The Morgan fingerprint density at radius 3 is 2.17 bits per heavy atom. The SMILES string of the molecule is CCCCC1(CO[Si](C)(C)C(C)(C)C)OCCO1. The Balaban J connectivity index is 2.57. The number of unbranched alkanes of at least 4 members (excludes halogenated alkanes) is 1. The topological polar surface area (TPSA) is 27.7 Å². The van der Waals surface area contributed by atoms with E-state index >= 15 is 0 Å². The smallest absolute Gasteiger partial charge is 0.192 e. The molecule has 0 amide bonds. The molecule has 1 fully saturated rings. The van der Waals surface area contributed by atoms with Gasteiger partial charge in [0.15, 0.2) is 14.1 Å². The van der Waals surface area contributed by atoms with Gasteiger partial charge in [-0.05, 0) is 24.6 Å². The molecule has 0 saturated carbocycles. The Hall–Kier alpha value is 0.0969. The lowest BCUT2D eigenvalue weighted by Crippen LogP contribution is -2.46. The summed E-state index contributed by atoms with van der Waals surface area (Å²) in [7, 11) is -1.72. The van der Waals surface area contributed by atoms with Crippen molar-refractivity contribution in [2.24, 2.45) is 0 Å². The van der Waals surface area contributed by atoms with E-state index in [2.05, 4.69) is 40.8 Å². The molecule has 0 aromatic heterocycles. The molecule has 108 valence electrons. The third-order valence-electron chi connectivity index (χ3n) is 4.18. The number of ether oxygens (including phenoxy) is 2. The fraction of sp³-hybridized carbons (Fsp3) is 1.00. The largest absolute Gasteiger partial charge is 0.411 e. The molecule has 0 aliphatic carbocycles. The van der Waals surface area contributed by atoms with Crippen LogP contribution in [0.25, 0.3) is 0 Å². The predicted molar refractivity (Wildman–Crippen MR) is 77.3 cm³/mol. The highest BCUT2D eigenvalue weighted by molar-refractivity contribution is 6.74. The van der Waals surface area contributed by atoms with Gasteiger partial charge in [0.05, 0.1) is 19.8 Å². The van der Waals surface area contributed by atoms with Crippen molar-refractivity contribution in [3.05, 3.63) is 0 Å². The minimum atomic E-state index is -1.72. The molecule has 3 nitrogen and oxygen atoms in total. The number of rotatable bonds is 6. The van der Waals surface area contributed by atoms with Crippen molar-refractivity contribution in [1.29, 1.82) is 0 Å². The van der Waals surface area contributed by atoms with Gasteiger partial charge in [-0.25, -0.2) is 0 Å². The van der Waals surface area contributed by atoms with Gasteiger partial charge in [-0.15, -0.1) is 0 Å². The van der Waals surface area contributed by atoms with Crippen LogP contribution in [0.5, 0.6) is 0 Å². The first-order valence-corrected chi connectivity index (χ1v) is 10.1. The molecule has 1 aliphatic heterocycles. The van der Waals surface area contributed by atoms with Gasteiger partial charge < -0.3 is 13.9 Å². The fourth-order valence-electron chi connectivity index (χ4n) is 1.75. The average Bonchev–Trinajstić information content (AvgIpc) is 2.72. The van der Waals surface area contributed by atoms with Gasteiger partial charge >= 0.3 is 0 Å². The summed E-state index contributed by atoms with van der Waals surface area (Å²) in [5.41, 5.74) is 0. The summed E-state index contributed by atoms with van der Waals surface area (Å²) in [5.74, 6) is -0.467. The van der Waals surface area contributed by atoms with Gasteiger partial charge in [0.25, 0.3) is 0 Å². The quantitative estimate of drug-likeness (QED) is 0.687. The van der Waals surface area contributed by atoms with Crippen LogP contribution in [0.2, 0.25) is 18.1 Å². The number of hydrogen-bond donors (Lipinski definition) is 0. The Bertz CT molecular complexity index is 252. The van der Waals surface area contributed by atoms with E-state index in [9.17, 15) is 0 Å². The zero-order chi connectivity index (χ0) is 13.9. The highest BCUT2D eigenvalue weighted by Crippen LogP contribution is 2.38. The van der Waals surface area contributed by atoms with Gasteiger partial charge in [0.2, 0.25) is 0 Å². The molecule has 1 saturated heterocycles. The Kier molecular flexibility index (Phi) is 5.41. The van der Waals surface area contributed by atoms with E-state index in [1.165, 1.54) is 0 Å². The molecule has 4 heteroatoms. The standard InChI is InChI=1S/C14H30O3Si/c1-7-8-9-14(15-10-11-16-14)12-17-18(5,6)13(2,3)4/h7-12H2,1-6H3. The van der Waals surface area contributed by atoms with Crippen molar-refractivity contribution in [2.45, 2.75) is 70.9 Å². The van der Waals surface area contributed by atoms with Crippen molar-refractivity contribution in [3.63, 3.8) is 0 Å². The van der Waals surface area contributed by atoms with Crippen LogP contribution in [0.4, 0.5) is 0 Å². The van der Waals surface area contributed by atoms with Gasteiger partial charge in [0.1, 0.15) is 0 Å². The van der Waals surface area contributed by atoms with Crippen molar-refractivity contribution in [3.8, 4) is 0 Å². The van der Waals surface area contributed by atoms with Crippen LogP contribution >= 0.6 is 0 Å². The van der Waals surface area contributed by atoms with Crippen molar-refractivity contribution in [2.75, 3.05) is 19.8 Å². The Labute approximate surface area is 113 Å². The third-order valence-corrected chi connectivity index (χ3v) is 8.66. The van der Waals surface area contributed by atoms with Crippen LogP contribution in [-0.2, 0) is 13.9 Å². The average molecular weight is 274 g/mol. The fourth-order valence-corrected chi connectivity index (χ4v) is 2.76. The normalized spacial score (nSPS) is 20.3. The van der Waals surface area contributed by atoms with Crippen molar-refractivity contribution >= 4 is 8.32 Å². The summed E-state index contributed by atoms with van der Waals surface area (Å²) in [5, 5.41) is 0.234. The first kappa shape index (κ1) is 16.2. The van der Waals surface area contributed by atoms with E-state index in [0.29, 0.717) is 19.8 Å². The summed E-state index contributed by atoms with van der Waals surface area (Å²) in [6.07, 6.45) is 3.23. The third kappa shape index (κ3) is 4.05. The van der Waals surface area contributed by atoms with Gasteiger partial charge in [-0.3, -0.25) is 0 Å². The van der Waals surface area contributed by atoms with Crippen LogP contribution in [0.1, 0.15) is 47.0 Å². The molecule has 1 aliphatic rings. The summed E-state index contributed by atoms with van der Waals surface area (Å²) >= 11 is 0. The summed E-state index contributed by atoms with van der Waals surface area (Å²) < 4.78 is 17.9. The molecule has 18 heavy (non-hydrogen) atoms. The van der Waals surface area contributed by atoms with E-state index in [1.807, 2.05) is 0 Å². The molecule has 0 aromatic carbocycles. The lowest BCUT2D eigenvalue weighted by Gasteiger charge is -2.39. The second kappa shape index (κ2) is 6.03. The molecule has 0 spiro atoms. The maximum absolute atomic E-state index is 6.27. The van der Waals surface area contributed by atoms with Crippen LogP contribution in [0, 0.1) is 0 Å². The highest BCUT2D eigenvalue weighted by Gasteiger charge is 2.42. The Morgan fingerprint density at radius 1 is 1.17 bits per heavy atom. The minimum absolute atomic E-state index is 0.234. The summed E-state index contributed by atoms with van der Waals surface area (Å²) in [6.45, 7) is 15.5. The van der Waals surface area contributed by atoms with E-state index in [0.717, 1.165) is 19.3 Å². The molecule has 1 rings (SSSR count). The molecular formula is C14H30O3Si.